The van der Waals surface area contributed by atoms with Crippen LogP contribution in [0.1, 0.15) is 11.1 Å². The Morgan fingerprint density at radius 1 is 1.14 bits per heavy atom. The van der Waals surface area contributed by atoms with Crippen LogP contribution in [0.15, 0.2) is 53.5 Å². The van der Waals surface area contributed by atoms with E-state index in [0.717, 1.165) is 18.2 Å². The number of hydrogen-bond acceptors (Lipinski definition) is 3. The van der Waals surface area contributed by atoms with Gasteiger partial charge in [-0.1, -0.05) is 17.7 Å². The number of aromatic nitrogens is 1. The molecule has 0 saturated heterocycles. The zero-order valence-corrected chi connectivity index (χ0v) is 15.7. The average Bonchev–Trinajstić information content (AvgIpc) is 2.63. The molecule has 0 aliphatic rings. The van der Waals surface area contributed by atoms with E-state index in [9.17, 15) is 22.8 Å². The van der Waals surface area contributed by atoms with E-state index < -0.39 is 24.1 Å². The second kappa shape index (κ2) is 8.26. The Balaban J connectivity index is 1.91. The zero-order chi connectivity index (χ0) is 21.2. The second-order valence-electron chi connectivity index (χ2n) is 6.33. The molecule has 9 heteroatoms. The molecule has 1 aromatic heterocycles. The second-order valence-corrected chi connectivity index (χ2v) is 6.77. The first-order valence-corrected chi connectivity index (χ1v) is 8.97. The molecule has 0 aliphatic heterocycles. The fourth-order valence-corrected chi connectivity index (χ4v) is 3.26. The van der Waals surface area contributed by atoms with E-state index in [1.807, 2.05) is 0 Å². The lowest BCUT2D eigenvalue weighted by molar-refractivity contribution is -0.138. The molecule has 0 fully saturated rings. The monoisotopic (exact) mass is 424 g/mol. The quantitative estimate of drug-likeness (QED) is 0.653. The van der Waals surface area contributed by atoms with Crippen molar-refractivity contribution in [1.82, 2.24) is 4.57 Å². The number of aliphatic hydroxyl groups is 1. The smallest absolute Gasteiger partial charge is 0.395 e. The summed E-state index contributed by atoms with van der Waals surface area (Å²) >= 11 is 5.79. The minimum atomic E-state index is -4.61. The molecule has 3 rings (SSSR count). The van der Waals surface area contributed by atoms with Crippen LogP contribution in [0.25, 0.3) is 10.8 Å². The minimum Gasteiger partial charge on any atom is -0.395 e. The van der Waals surface area contributed by atoms with Crippen LogP contribution < -0.4 is 10.9 Å². The molecule has 1 heterocycles. The first kappa shape index (κ1) is 20.9. The van der Waals surface area contributed by atoms with Crippen LogP contribution in [-0.2, 0) is 23.9 Å². The van der Waals surface area contributed by atoms with Crippen molar-refractivity contribution in [2.24, 2.45) is 0 Å². The predicted molar refractivity (Wildman–Crippen MR) is 104 cm³/mol. The van der Waals surface area contributed by atoms with Gasteiger partial charge in [0.2, 0.25) is 5.91 Å². The van der Waals surface area contributed by atoms with E-state index in [1.54, 1.807) is 24.3 Å². The van der Waals surface area contributed by atoms with Gasteiger partial charge in [0.05, 0.1) is 18.6 Å². The maximum absolute atomic E-state index is 13.2. The van der Waals surface area contributed by atoms with E-state index >= 15 is 0 Å². The molecule has 0 saturated carbocycles. The number of benzene rings is 2. The summed E-state index contributed by atoms with van der Waals surface area (Å²) in [6.07, 6.45) is -3.67. The molecule has 29 heavy (non-hydrogen) atoms. The number of aliphatic hydroxyl groups excluding tert-OH is 1. The Hall–Kier alpha value is -2.84. The number of pyridine rings is 1. The Morgan fingerprint density at radius 2 is 1.90 bits per heavy atom. The van der Waals surface area contributed by atoms with Gasteiger partial charge in [-0.15, -0.1) is 0 Å². The lowest BCUT2D eigenvalue weighted by Gasteiger charge is -2.14. The Bertz CT molecular complexity index is 1130. The van der Waals surface area contributed by atoms with Gasteiger partial charge in [-0.2, -0.15) is 13.2 Å². The lowest BCUT2D eigenvalue weighted by Crippen LogP contribution is -2.22. The highest BCUT2D eigenvalue weighted by Crippen LogP contribution is 2.33. The summed E-state index contributed by atoms with van der Waals surface area (Å²) in [7, 11) is 0. The molecule has 2 N–H and O–H groups in total. The van der Waals surface area contributed by atoms with Gasteiger partial charge < -0.3 is 15.0 Å². The van der Waals surface area contributed by atoms with Crippen molar-refractivity contribution in [2.45, 2.75) is 19.1 Å². The maximum atomic E-state index is 13.2. The molecular weight excluding hydrogens is 409 g/mol. The summed E-state index contributed by atoms with van der Waals surface area (Å²) in [4.78, 5) is 24.9. The topological polar surface area (TPSA) is 71.3 Å². The molecule has 0 atom stereocenters. The molecule has 0 unspecified atom stereocenters. The van der Waals surface area contributed by atoms with E-state index in [2.05, 4.69) is 5.32 Å². The van der Waals surface area contributed by atoms with Gasteiger partial charge in [-0.25, -0.2) is 0 Å². The maximum Gasteiger partial charge on any atom is 0.416 e. The number of carbonyl (C=O) groups is 1. The van der Waals surface area contributed by atoms with E-state index in [1.165, 1.54) is 10.8 Å². The van der Waals surface area contributed by atoms with Crippen molar-refractivity contribution in [2.75, 3.05) is 11.9 Å². The summed E-state index contributed by atoms with van der Waals surface area (Å²) in [5, 5.41) is 12.4. The number of rotatable bonds is 5. The van der Waals surface area contributed by atoms with Crippen molar-refractivity contribution in [3.8, 4) is 0 Å². The fourth-order valence-electron chi connectivity index (χ4n) is 3.06. The normalized spacial score (nSPS) is 11.6. The number of nitrogens with one attached hydrogen (secondary N) is 1. The number of alkyl halides is 3. The van der Waals surface area contributed by atoms with Gasteiger partial charge >= 0.3 is 6.18 Å². The fraction of sp³-hybridized carbons (Fsp3) is 0.200. The molecule has 0 bridgehead atoms. The number of fused-ring (bicyclic) bond motifs is 1. The third-order valence-corrected chi connectivity index (χ3v) is 4.59. The number of carbonyl (C=O) groups excluding carboxylic acids is 1. The van der Waals surface area contributed by atoms with Crippen molar-refractivity contribution < 1.29 is 23.1 Å². The van der Waals surface area contributed by atoms with E-state index in [-0.39, 0.29) is 29.3 Å². The highest BCUT2D eigenvalue weighted by atomic mass is 35.5. The summed E-state index contributed by atoms with van der Waals surface area (Å²) in [6, 6.07) is 9.35. The molecule has 3 aromatic rings. The first-order chi connectivity index (χ1) is 13.7. The van der Waals surface area contributed by atoms with Crippen molar-refractivity contribution in [3.05, 3.63) is 75.2 Å². The third-order valence-electron chi connectivity index (χ3n) is 4.36. The van der Waals surface area contributed by atoms with Crippen LogP contribution in [0.3, 0.4) is 0 Å². The van der Waals surface area contributed by atoms with E-state index in [0.29, 0.717) is 16.5 Å². The molecular formula is C20H16ClF3N2O3. The van der Waals surface area contributed by atoms with Gasteiger partial charge in [-0.05, 0) is 42.0 Å². The lowest BCUT2D eigenvalue weighted by atomic mass is 10.0. The minimum absolute atomic E-state index is 0.0930. The molecule has 0 spiro atoms. The summed E-state index contributed by atoms with van der Waals surface area (Å²) in [6.45, 7) is -0.0800. The third kappa shape index (κ3) is 4.60. The van der Waals surface area contributed by atoms with Crippen LogP contribution in [0, 0.1) is 0 Å². The van der Waals surface area contributed by atoms with Gasteiger partial charge in [0.15, 0.2) is 0 Å². The number of nitrogens with zero attached hydrogens (tertiary/aromatic N) is 1. The predicted octanol–water partition coefficient (Wildman–Crippen LogP) is 3.85. The van der Waals surface area contributed by atoms with Crippen LogP contribution in [0.2, 0.25) is 5.02 Å². The van der Waals surface area contributed by atoms with Crippen LogP contribution in [0.5, 0.6) is 0 Å². The molecule has 152 valence electrons. The average molecular weight is 425 g/mol. The van der Waals surface area contributed by atoms with Crippen LogP contribution in [-0.4, -0.2) is 22.2 Å². The Labute approximate surface area is 168 Å². The molecule has 1 amide bonds. The van der Waals surface area contributed by atoms with Crippen LogP contribution >= 0.6 is 11.6 Å². The summed E-state index contributed by atoms with van der Waals surface area (Å²) in [5.41, 5.74) is -1.21. The SMILES string of the molecule is O=C(Cc1cc(Cl)ccc1C(F)(F)F)Nc1cccc2c(=O)n(CCO)ccc12. The van der Waals surface area contributed by atoms with Gasteiger partial charge in [0.1, 0.15) is 0 Å². The van der Waals surface area contributed by atoms with Gasteiger partial charge in [0, 0.05) is 34.2 Å². The highest BCUT2D eigenvalue weighted by molar-refractivity contribution is 6.30. The standard InChI is InChI=1S/C20H16ClF3N2O3/c21-13-4-5-16(20(22,23)24)12(10-13)11-18(28)25-17-3-1-2-15-14(17)6-7-26(8-9-27)19(15)29/h1-7,10,27H,8-9,11H2,(H,25,28). The van der Waals surface area contributed by atoms with Crippen LogP contribution in [0.4, 0.5) is 18.9 Å². The first-order valence-electron chi connectivity index (χ1n) is 8.59. The Morgan fingerprint density at radius 3 is 2.59 bits per heavy atom. The van der Waals surface area contributed by atoms with Crippen molar-refractivity contribution in [1.29, 1.82) is 0 Å². The zero-order valence-electron chi connectivity index (χ0n) is 15.0. The number of amides is 1. The molecule has 2 aromatic carbocycles. The largest absolute Gasteiger partial charge is 0.416 e. The molecule has 5 nitrogen and oxygen atoms in total. The number of halogens is 4. The summed E-state index contributed by atoms with van der Waals surface area (Å²) in [5.74, 6) is -0.676. The highest BCUT2D eigenvalue weighted by Gasteiger charge is 2.33. The van der Waals surface area contributed by atoms with Gasteiger partial charge in [-0.3, -0.25) is 9.59 Å². The Kier molecular flexibility index (Phi) is 5.95. The number of anilines is 1. The van der Waals surface area contributed by atoms with Crippen molar-refractivity contribution >= 4 is 34.0 Å². The van der Waals surface area contributed by atoms with Crippen molar-refractivity contribution in [3.63, 3.8) is 0 Å². The molecule has 0 radical (unpaired) electrons. The summed E-state index contributed by atoms with van der Waals surface area (Å²) < 4.78 is 40.9. The van der Waals surface area contributed by atoms with Gasteiger partial charge in [0.25, 0.3) is 5.56 Å². The van der Waals surface area contributed by atoms with E-state index in [4.69, 9.17) is 16.7 Å². The molecule has 0 aliphatic carbocycles. The number of hydrogen-bond donors (Lipinski definition) is 2.